The molecule has 2 aromatic rings. The Balaban J connectivity index is 1.50. The Morgan fingerprint density at radius 3 is 3.00 bits per heavy atom. The molecule has 26 heavy (non-hydrogen) atoms. The summed E-state index contributed by atoms with van der Waals surface area (Å²) in [6.07, 6.45) is 7.42. The zero-order chi connectivity index (χ0) is 17.9. The van der Waals surface area contributed by atoms with E-state index in [1.54, 1.807) is 13.3 Å². The molecule has 1 saturated carbocycles. The molecule has 4 rings (SSSR count). The fraction of sp³-hybridized carbons (Fsp3) is 0.632. The molecule has 0 radical (unpaired) electrons. The Hall–Kier alpha value is -2.15. The second-order valence-corrected chi connectivity index (χ2v) is 7.32. The number of methoxy groups -OCH3 is 1. The maximum atomic E-state index is 12.6. The van der Waals surface area contributed by atoms with E-state index in [2.05, 4.69) is 14.9 Å². The number of aromatic nitrogens is 3. The molecule has 2 amide bonds. The van der Waals surface area contributed by atoms with Crippen molar-refractivity contribution in [1.29, 1.82) is 0 Å². The first-order valence-corrected chi connectivity index (χ1v) is 9.62. The van der Waals surface area contributed by atoms with Crippen LogP contribution in [0.2, 0.25) is 0 Å². The van der Waals surface area contributed by atoms with E-state index in [0.29, 0.717) is 12.6 Å². The lowest BCUT2D eigenvalue weighted by Gasteiger charge is -2.20. The van der Waals surface area contributed by atoms with Crippen molar-refractivity contribution in [1.82, 2.24) is 24.8 Å². The molecule has 7 heteroatoms. The first-order chi connectivity index (χ1) is 12.8. The number of imidazole rings is 1. The summed E-state index contributed by atoms with van der Waals surface area (Å²) in [6.45, 7) is 2.84. The van der Waals surface area contributed by atoms with E-state index in [-0.39, 0.29) is 11.9 Å². The lowest BCUT2D eigenvalue weighted by atomic mass is 10.1. The van der Waals surface area contributed by atoms with Gasteiger partial charge < -0.3 is 19.5 Å². The summed E-state index contributed by atoms with van der Waals surface area (Å²) < 4.78 is 7.42. The molecule has 2 fully saturated rings. The number of carbonyl (C=O) groups is 1. The zero-order valence-electron chi connectivity index (χ0n) is 15.4. The van der Waals surface area contributed by atoms with Crippen LogP contribution >= 0.6 is 0 Å². The lowest BCUT2D eigenvalue weighted by molar-refractivity contribution is 0.186. The Morgan fingerprint density at radius 1 is 1.35 bits per heavy atom. The minimum Gasteiger partial charge on any atom is -0.383 e. The number of urea groups is 1. The van der Waals surface area contributed by atoms with Gasteiger partial charge in [0.15, 0.2) is 5.65 Å². The van der Waals surface area contributed by atoms with Gasteiger partial charge in [-0.3, -0.25) is 0 Å². The Bertz CT molecular complexity index is 768. The van der Waals surface area contributed by atoms with Crippen molar-refractivity contribution in [3.05, 3.63) is 24.2 Å². The summed E-state index contributed by atoms with van der Waals surface area (Å²) in [7, 11) is 1.71. The molecule has 1 aliphatic heterocycles. The largest absolute Gasteiger partial charge is 0.383 e. The molecule has 140 valence electrons. The predicted molar refractivity (Wildman–Crippen MR) is 99.1 cm³/mol. The van der Waals surface area contributed by atoms with Gasteiger partial charge in [0, 0.05) is 44.9 Å². The highest BCUT2D eigenvalue weighted by Crippen LogP contribution is 2.29. The van der Waals surface area contributed by atoms with E-state index in [1.165, 1.54) is 12.8 Å². The molecule has 0 spiro atoms. The number of amides is 2. The average Bonchev–Trinajstić information content (AvgIpc) is 3.39. The number of pyridine rings is 1. The third kappa shape index (κ3) is 3.40. The van der Waals surface area contributed by atoms with E-state index in [0.717, 1.165) is 55.9 Å². The predicted octanol–water partition coefficient (Wildman–Crippen LogP) is 2.52. The van der Waals surface area contributed by atoms with E-state index >= 15 is 0 Å². The SMILES string of the molecule is COCCn1c([C@@H]2CCN(C(=O)NC3CCCC3)C2)nc2cccnc21. The maximum Gasteiger partial charge on any atom is 0.317 e. The van der Waals surface area contributed by atoms with Gasteiger partial charge in [-0.25, -0.2) is 14.8 Å². The number of ether oxygens (including phenoxy) is 1. The first-order valence-electron chi connectivity index (χ1n) is 9.62. The van der Waals surface area contributed by atoms with Gasteiger partial charge in [0.25, 0.3) is 0 Å². The molecule has 0 bridgehead atoms. The molecule has 2 aromatic heterocycles. The number of fused-ring (bicyclic) bond motifs is 1. The summed E-state index contributed by atoms with van der Waals surface area (Å²) in [6, 6.07) is 4.35. The number of nitrogens with one attached hydrogen (secondary N) is 1. The smallest absolute Gasteiger partial charge is 0.317 e. The van der Waals surface area contributed by atoms with Crippen molar-refractivity contribution in [2.75, 3.05) is 26.8 Å². The molecule has 0 aromatic carbocycles. The van der Waals surface area contributed by atoms with Gasteiger partial charge >= 0.3 is 6.03 Å². The third-order valence-electron chi connectivity index (χ3n) is 5.58. The number of hydrogen-bond acceptors (Lipinski definition) is 4. The molecule has 0 unspecified atom stereocenters. The average molecular weight is 357 g/mol. The third-order valence-corrected chi connectivity index (χ3v) is 5.58. The number of rotatable bonds is 5. The lowest BCUT2D eigenvalue weighted by Crippen LogP contribution is -2.42. The quantitative estimate of drug-likeness (QED) is 0.892. The fourth-order valence-electron chi connectivity index (χ4n) is 4.18. The van der Waals surface area contributed by atoms with Gasteiger partial charge in [-0.2, -0.15) is 0 Å². The van der Waals surface area contributed by atoms with Crippen molar-refractivity contribution in [2.24, 2.45) is 0 Å². The number of nitrogens with zero attached hydrogens (tertiary/aromatic N) is 4. The fourth-order valence-corrected chi connectivity index (χ4v) is 4.18. The summed E-state index contributed by atoms with van der Waals surface area (Å²) in [4.78, 5) is 23.8. The molecule has 2 aliphatic rings. The minimum absolute atomic E-state index is 0.0806. The standard InChI is InChI=1S/C19H27N5O2/c1-26-12-11-24-17(22-16-7-4-9-20-18(16)24)14-8-10-23(13-14)19(25)21-15-5-2-3-6-15/h4,7,9,14-15H,2-3,5-6,8,10-13H2,1H3,(H,21,25)/t14-/m1/s1. The molecule has 7 nitrogen and oxygen atoms in total. The summed E-state index contributed by atoms with van der Waals surface area (Å²) in [5.74, 6) is 1.27. The summed E-state index contributed by atoms with van der Waals surface area (Å²) in [5, 5.41) is 3.20. The number of likely N-dealkylation sites (tertiary alicyclic amines) is 1. The van der Waals surface area contributed by atoms with Crippen LogP contribution < -0.4 is 5.32 Å². The highest BCUT2D eigenvalue weighted by atomic mass is 16.5. The van der Waals surface area contributed by atoms with E-state index < -0.39 is 0 Å². The van der Waals surface area contributed by atoms with Crippen LogP contribution in [0.4, 0.5) is 4.79 Å². The highest BCUT2D eigenvalue weighted by molar-refractivity contribution is 5.75. The van der Waals surface area contributed by atoms with Crippen LogP contribution in [0.3, 0.4) is 0 Å². The number of hydrogen-bond donors (Lipinski definition) is 1. The Morgan fingerprint density at radius 2 is 2.19 bits per heavy atom. The summed E-state index contributed by atoms with van der Waals surface area (Å²) >= 11 is 0. The van der Waals surface area contributed by atoms with Gasteiger partial charge in [0.1, 0.15) is 11.3 Å². The van der Waals surface area contributed by atoms with Gasteiger partial charge in [-0.1, -0.05) is 12.8 Å². The van der Waals surface area contributed by atoms with Crippen molar-refractivity contribution >= 4 is 17.2 Å². The molecule has 3 heterocycles. The Kier molecular flexibility index (Phi) is 5.06. The molecule has 1 aliphatic carbocycles. The van der Waals surface area contributed by atoms with Crippen LogP contribution in [0.15, 0.2) is 18.3 Å². The van der Waals surface area contributed by atoms with Crippen LogP contribution in [0.5, 0.6) is 0 Å². The Labute approximate surface area is 153 Å². The molecule has 1 N–H and O–H groups in total. The van der Waals surface area contributed by atoms with Crippen molar-refractivity contribution < 1.29 is 9.53 Å². The zero-order valence-corrected chi connectivity index (χ0v) is 15.4. The second-order valence-electron chi connectivity index (χ2n) is 7.32. The van der Waals surface area contributed by atoms with Gasteiger partial charge in [0.2, 0.25) is 0 Å². The van der Waals surface area contributed by atoms with Crippen molar-refractivity contribution in [3.63, 3.8) is 0 Å². The van der Waals surface area contributed by atoms with Gasteiger partial charge in [-0.15, -0.1) is 0 Å². The van der Waals surface area contributed by atoms with Crippen LogP contribution in [0, 0.1) is 0 Å². The molecule has 1 atom stereocenters. The van der Waals surface area contributed by atoms with Crippen LogP contribution in [-0.2, 0) is 11.3 Å². The van der Waals surface area contributed by atoms with E-state index in [9.17, 15) is 4.79 Å². The van der Waals surface area contributed by atoms with Crippen molar-refractivity contribution in [3.8, 4) is 0 Å². The van der Waals surface area contributed by atoms with Crippen LogP contribution in [0.1, 0.15) is 43.8 Å². The van der Waals surface area contributed by atoms with Crippen LogP contribution in [0.25, 0.3) is 11.2 Å². The number of carbonyl (C=O) groups excluding carboxylic acids is 1. The molecular weight excluding hydrogens is 330 g/mol. The van der Waals surface area contributed by atoms with Crippen LogP contribution in [-0.4, -0.2) is 58.3 Å². The normalized spacial score (nSPS) is 21.0. The summed E-state index contributed by atoms with van der Waals surface area (Å²) in [5.41, 5.74) is 1.81. The maximum absolute atomic E-state index is 12.6. The minimum atomic E-state index is 0.0806. The van der Waals surface area contributed by atoms with Crippen molar-refractivity contribution in [2.45, 2.75) is 50.6 Å². The molecule has 1 saturated heterocycles. The highest BCUT2D eigenvalue weighted by Gasteiger charge is 2.32. The monoisotopic (exact) mass is 357 g/mol. The topological polar surface area (TPSA) is 72.3 Å². The van der Waals surface area contributed by atoms with Gasteiger partial charge in [0.05, 0.1) is 6.61 Å². The first kappa shape index (κ1) is 17.3. The molecular formula is C19H27N5O2. The second kappa shape index (κ2) is 7.61. The van der Waals surface area contributed by atoms with E-state index in [1.807, 2.05) is 17.0 Å². The van der Waals surface area contributed by atoms with Gasteiger partial charge in [-0.05, 0) is 31.4 Å². The van der Waals surface area contributed by atoms with E-state index in [4.69, 9.17) is 9.72 Å².